The van der Waals surface area contributed by atoms with Crippen LogP contribution < -0.4 is 19.1 Å². The molecule has 1 fully saturated rings. The zero-order chi connectivity index (χ0) is 18.9. The van der Waals surface area contributed by atoms with Crippen molar-refractivity contribution in [2.45, 2.75) is 6.54 Å². The molecule has 1 aromatic heterocycles. The zero-order valence-electron chi connectivity index (χ0n) is 13.6. The van der Waals surface area contributed by atoms with Gasteiger partial charge in [-0.2, -0.15) is 8.42 Å². The molecule has 3 N–H and O–H groups in total. The molecule has 0 radical (unpaired) electrons. The summed E-state index contributed by atoms with van der Waals surface area (Å²) in [6.45, 7) is -0.479. The van der Waals surface area contributed by atoms with Crippen molar-refractivity contribution >= 4 is 27.6 Å². The van der Waals surface area contributed by atoms with Gasteiger partial charge in [0.2, 0.25) is 0 Å². The number of benzene rings is 1. The Morgan fingerprint density at radius 3 is 2.81 bits per heavy atom. The second-order valence-electron chi connectivity index (χ2n) is 5.42. The van der Waals surface area contributed by atoms with Crippen LogP contribution in [0.2, 0.25) is 0 Å². The number of methoxy groups -OCH3 is 1. The third-order valence-corrected chi connectivity index (χ3v) is 4.99. The highest BCUT2D eigenvalue weighted by Crippen LogP contribution is 2.34. The average Bonchev–Trinajstić information content (AvgIpc) is 2.85. The highest BCUT2D eigenvalue weighted by Gasteiger charge is 2.37. The molecule has 0 spiro atoms. The Morgan fingerprint density at radius 1 is 1.42 bits per heavy atom. The van der Waals surface area contributed by atoms with Gasteiger partial charge in [0.1, 0.15) is 29.5 Å². The molecule has 26 heavy (non-hydrogen) atoms. The number of hydrogen-bond acceptors (Lipinski definition) is 7. The average molecular weight is 382 g/mol. The third-order valence-electron chi connectivity index (χ3n) is 3.61. The standard InChI is InChI=1S/C15H15FN4O5S/c1-25-10-2-3-17-13(6-10)18-7-9-4-11(16)15(12(21)5-9)20-8-14(22)19-26(20,23)24/h2-6,21H,7-8H2,1H3,(H,17,18)(H,19,22). The molecule has 0 aliphatic carbocycles. The van der Waals surface area contributed by atoms with Crippen LogP contribution in [0.4, 0.5) is 15.9 Å². The molecular formula is C15H15FN4O5S. The van der Waals surface area contributed by atoms with Gasteiger partial charge >= 0.3 is 10.2 Å². The van der Waals surface area contributed by atoms with Crippen LogP contribution in [0.5, 0.6) is 11.5 Å². The SMILES string of the molecule is COc1ccnc(NCc2cc(O)c(N3CC(=O)NS3(=O)=O)c(F)c2)c1. The molecule has 0 saturated carbocycles. The lowest BCUT2D eigenvalue weighted by molar-refractivity contribution is -0.117. The van der Waals surface area contributed by atoms with E-state index in [4.69, 9.17) is 4.74 Å². The number of phenolic OH excluding ortho intramolecular Hbond substituents is 1. The first-order valence-electron chi connectivity index (χ1n) is 7.39. The van der Waals surface area contributed by atoms with E-state index in [1.54, 1.807) is 16.9 Å². The van der Waals surface area contributed by atoms with Crippen molar-refractivity contribution in [1.29, 1.82) is 0 Å². The number of ether oxygens (including phenoxy) is 1. The largest absolute Gasteiger partial charge is 0.506 e. The number of phenols is 1. The van der Waals surface area contributed by atoms with Crippen molar-refractivity contribution in [3.63, 3.8) is 0 Å². The van der Waals surface area contributed by atoms with Crippen molar-refractivity contribution < 1.29 is 27.4 Å². The summed E-state index contributed by atoms with van der Waals surface area (Å²) in [6, 6.07) is 5.58. The van der Waals surface area contributed by atoms with Crippen LogP contribution in [0.1, 0.15) is 5.56 Å². The summed E-state index contributed by atoms with van der Waals surface area (Å²) in [5, 5.41) is 13.0. The van der Waals surface area contributed by atoms with Gasteiger partial charge in [-0.05, 0) is 23.8 Å². The fourth-order valence-electron chi connectivity index (χ4n) is 2.46. The van der Waals surface area contributed by atoms with Crippen LogP contribution in [0.3, 0.4) is 0 Å². The number of amides is 1. The number of halogens is 1. The molecule has 2 aromatic rings. The first kappa shape index (κ1) is 17.7. The number of nitrogens with one attached hydrogen (secondary N) is 2. The molecule has 0 unspecified atom stereocenters. The molecular weight excluding hydrogens is 367 g/mol. The van der Waals surface area contributed by atoms with Gasteiger partial charge in [0.15, 0.2) is 5.82 Å². The normalized spacial score (nSPS) is 15.6. The molecule has 0 bridgehead atoms. The highest BCUT2D eigenvalue weighted by molar-refractivity contribution is 7.92. The van der Waals surface area contributed by atoms with Gasteiger partial charge in [-0.15, -0.1) is 0 Å². The third kappa shape index (κ3) is 3.47. The molecule has 138 valence electrons. The number of hydrogen-bond donors (Lipinski definition) is 3. The molecule has 1 aliphatic rings. The van der Waals surface area contributed by atoms with Gasteiger partial charge in [0.25, 0.3) is 5.91 Å². The van der Waals surface area contributed by atoms with E-state index in [1.165, 1.54) is 19.4 Å². The number of aromatic nitrogens is 1. The summed E-state index contributed by atoms with van der Waals surface area (Å²) in [6.07, 6.45) is 1.53. The van der Waals surface area contributed by atoms with E-state index >= 15 is 0 Å². The summed E-state index contributed by atoms with van der Waals surface area (Å²) in [5.74, 6) is -1.31. The van der Waals surface area contributed by atoms with Crippen molar-refractivity contribution in [3.8, 4) is 11.5 Å². The molecule has 1 saturated heterocycles. The second-order valence-corrected chi connectivity index (χ2v) is 7.01. The topological polar surface area (TPSA) is 121 Å². The van der Waals surface area contributed by atoms with E-state index in [0.29, 0.717) is 21.4 Å². The predicted octanol–water partition coefficient (Wildman–Crippen LogP) is 0.728. The van der Waals surface area contributed by atoms with E-state index in [2.05, 4.69) is 10.3 Å². The fourth-order valence-corrected chi connectivity index (χ4v) is 3.63. The van der Waals surface area contributed by atoms with Crippen molar-refractivity contribution in [2.24, 2.45) is 0 Å². The predicted molar refractivity (Wildman–Crippen MR) is 90.6 cm³/mol. The quantitative estimate of drug-likeness (QED) is 0.697. The summed E-state index contributed by atoms with van der Waals surface area (Å²) in [5.41, 5.74) is -0.226. The van der Waals surface area contributed by atoms with Crippen molar-refractivity contribution in [2.75, 3.05) is 23.3 Å². The minimum absolute atomic E-state index is 0.120. The molecule has 3 rings (SSSR count). The maximum Gasteiger partial charge on any atom is 0.326 e. The van der Waals surface area contributed by atoms with E-state index in [-0.39, 0.29) is 6.54 Å². The van der Waals surface area contributed by atoms with E-state index in [9.17, 15) is 22.7 Å². The summed E-state index contributed by atoms with van der Waals surface area (Å²) >= 11 is 0. The van der Waals surface area contributed by atoms with Gasteiger partial charge in [0, 0.05) is 18.8 Å². The number of rotatable bonds is 5. The Kier molecular flexibility index (Phi) is 4.55. The van der Waals surface area contributed by atoms with Crippen molar-refractivity contribution in [3.05, 3.63) is 41.8 Å². The number of aromatic hydroxyl groups is 1. The second kappa shape index (κ2) is 6.67. The lowest BCUT2D eigenvalue weighted by Crippen LogP contribution is -2.30. The minimum atomic E-state index is -4.22. The summed E-state index contributed by atoms with van der Waals surface area (Å²) < 4.78 is 45.3. The van der Waals surface area contributed by atoms with Crippen LogP contribution in [-0.2, 0) is 21.5 Å². The van der Waals surface area contributed by atoms with Crippen molar-refractivity contribution in [1.82, 2.24) is 9.71 Å². The van der Waals surface area contributed by atoms with Gasteiger partial charge < -0.3 is 15.2 Å². The van der Waals surface area contributed by atoms with E-state index in [0.717, 1.165) is 6.07 Å². The Hall–Kier alpha value is -3.08. The monoisotopic (exact) mass is 382 g/mol. The maximum atomic E-state index is 14.4. The van der Waals surface area contributed by atoms with Crippen LogP contribution >= 0.6 is 0 Å². The van der Waals surface area contributed by atoms with Crippen LogP contribution in [-0.4, -0.2) is 38.1 Å². The first-order chi connectivity index (χ1) is 12.3. The lowest BCUT2D eigenvalue weighted by atomic mass is 10.1. The summed E-state index contributed by atoms with van der Waals surface area (Å²) in [4.78, 5) is 15.4. The Labute approximate surface area is 148 Å². The molecule has 2 heterocycles. The highest BCUT2D eigenvalue weighted by atomic mass is 32.2. The van der Waals surface area contributed by atoms with Crippen LogP contribution in [0.25, 0.3) is 0 Å². The molecule has 11 heteroatoms. The number of carbonyl (C=O) groups is 1. The first-order valence-corrected chi connectivity index (χ1v) is 8.83. The van der Waals surface area contributed by atoms with Crippen LogP contribution in [0.15, 0.2) is 30.5 Å². The smallest absolute Gasteiger partial charge is 0.326 e. The van der Waals surface area contributed by atoms with Gasteiger partial charge in [0.05, 0.1) is 7.11 Å². The number of pyridine rings is 1. The van der Waals surface area contributed by atoms with E-state index in [1.807, 2.05) is 0 Å². The fraction of sp³-hybridized carbons (Fsp3) is 0.200. The van der Waals surface area contributed by atoms with Gasteiger partial charge in [-0.25, -0.2) is 18.4 Å². The maximum absolute atomic E-state index is 14.4. The van der Waals surface area contributed by atoms with E-state index < -0.39 is 39.9 Å². The van der Waals surface area contributed by atoms with Gasteiger partial charge in [-0.3, -0.25) is 4.79 Å². The number of nitrogens with zero attached hydrogens (tertiary/aromatic N) is 2. The van der Waals surface area contributed by atoms with Gasteiger partial charge in [-0.1, -0.05) is 0 Å². The Bertz CT molecular complexity index is 943. The Morgan fingerprint density at radius 2 is 2.19 bits per heavy atom. The zero-order valence-corrected chi connectivity index (χ0v) is 14.4. The minimum Gasteiger partial charge on any atom is -0.506 e. The molecule has 0 atom stereocenters. The molecule has 9 nitrogen and oxygen atoms in total. The number of carbonyl (C=O) groups excluding carboxylic acids is 1. The number of anilines is 2. The Balaban J connectivity index is 1.82. The molecule has 1 amide bonds. The lowest BCUT2D eigenvalue weighted by Gasteiger charge is -2.18. The molecule has 1 aliphatic heterocycles. The molecule has 1 aromatic carbocycles. The summed E-state index contributed by atoms with van der Waals surface area (Å²) in [7, 11) is -2.70. The van der Waals surface area contributed by atoms with Crippen LogP contribution in [0, 0.1) is 5.82 Å².